The normalized spacial score (nSPS) is 21.8. The van der Waals surface area contributed by atoms with Crippen LogP contribution in [0.5, 0.6) is 0 Å². The Balaban J connectivity index is 1.79. The molecule has 2 heterocycles. The van der Waals surface area contributed by atoms with E-state index >= 15 is 0 Å². The van der Waals surface area contributed by atoms with Crippen molar-refractivity contribution in [2.75, 3.05) is 38.3 Å². The molecule has 1 unspecified atom stereocenters. The Kier molecular flexibility index (Phi) is 4.95. The molecule has 0 amide bonds. The molecule has 0 spiro atoms. The van der Waals surface area contributed by atoms with Gasteiger partial charge in [-0.25, -0.2) is 13.4 Å². The number of nitrogens with one attached hydrogen (secondary N) is 1. The van der Waals surface area contributed by atoms with E-state index in [-0.39, 0.29) is 17.4 Å². The Morgan fingerprint density at radius 2 is 2.37 bits per heavy atom. The predicted molar refractivity (Wildman–Crippen MR) is 71.0 cm³/mol. The second kappa shape index (κ2) is 6.49. The number of hydrogen-bond acceptors (Lipinski definition) is 6. The first-order chi connectivity index (χ1) is 9.11. The molecule has 1 aromatic heterocycles. The molecule has 2 rings (SSSR count). The fraction of sp³-hybridized carbons (Fsp3) is 0.750. The Hall–Kier alpha value is -0.920. The number of ether oxygens (including phenoxy) is 1. The van der Waals surface area contributed by atoms with Crippen molar-refractivity contribution >= 4 is 9.84 Å². The first kappa shape index (κ1) is 14.5. The molecule has 0 aliphatic carbocycles. The number of sulfone groups is 1. The Bertz CT molecular complexity index is 498. The van der Waals surface area contributed by atoms with E-state index in [0.717, 1.165) is 13.1 Å². The summed E-state index contributed by atoms with van der Waals surface area (Å²) in [7, 11) is -1.21. The lowest BCUT2D eigenvalue weighted by atomic mass is 10.1. The molecule has 0 radical (unpaired) electrons. The first-order valence-corrected chi connectivity index (χ1v) is 8.27. The summed E-state index contributed by atoms with van der Waals surface area (Å²) in [5.74, 6) is 1.78. The summed E-state index contributed by atoms with van der Waals surface area (Å²) in [6.07, 6.45) is 3.00. The second-order valence-electron chi connectivity index (χ2n) is 4.75. The Morgan fingerprint density at radius 3 is 3.05 bits per heavy atom. The second-order valence-corrected chi connectivity index (χ2v) is 6.98. The Labute approximate surface area is 113 Å². The van der Waals surface area contributed by atoms with Crippen molar-refractivity contribution in [3.05, 3.63) is 17.8 Å². The number of hydrogen-bond donors (Lipinski definition) is 1. The first-order valence-electron chi connectivity index (χ1n) is 6.45. The van der Waals surface area contributed by atoms with Gasteiger partial charge < -0.3 is 14.5 Å². The highest BCUT2D eigenvalue weighted by atomic mass is 32.2. The summed E-state index contributed by atoms with van der Waals surface area (Å²) in [6.45, 7) is 2.24. The van der Waals surface area contributed by atoms with Gasteiger partial charge in [0.1, 0.15) is 5.76 Å². The lowest BCUT2D eigenvalue weighted by Crippen LogP contribution is -2.21. The van der Waals surface area contributed by atoms with E-state index in [1.807, 2.05) is 0 Å². The van der Waals surface area contributed by atoms with Gasteiger partial charge in [0.15, 0.2) is 15.7 Å². The minimum Gasteiger partial charge on any atom is -0.445 e. The van der Waals surface area contributed by atoms with Crippen molar-refractivity contribution in [3.63, 3.8) is 0 Å². The summed E-state index contributed by atoms with van der Waals surface area (Å²) in [6, 6.07) is 0. The van der Waals surface area contributed by atoms with E-state index in [4.69, 9.17) is 9.15 Å². The molecule has 0 bridgehead atoms. The van der Waals surface area contributed by atoms with Crippen LogP contribution in [0, 0.1) is 0 Å². The summed E-state index contributed by atoms with van der Waals surface area (Å²) in [5.41, 5.74) is 0. The van der Waals surface area contributed by atoms with Crippen LogP contribution in [0.3, 0.4) is 0 Å². The maximum absolute atomic E-state index is 11.4. The predicted octanol–water partition coefficient (Wildman–Crippen LogP) is 0.355. The van der Waals surface area contributed by atoms with Gasteiger partial charge in [0.05, 0.1) is 24.3 Å². The molecule has 1 atom stereocenters. The fourth-order valence-electron chi connectivity index (χ4n) is 2.14. The minimum absolute atomic E-state index is 0.0206. The van der Waals surface area contributed by atoms with Gasteiger partial charge in [0.2, 0.25) is 0 Å². The van der Waals surface area contributed by atoms with E-state index in [1.165, 1.54) is 0 Å². The van der Waals surface area contributed by atoms with Gasteiger partial charge in [-0.05, 0) is 6.42 Å². The quantitative estimate of drug-likeness (QED) is 0.729. The average Bonchev–Trinajstić information content (AvgIpc) is 2.95. The van der Waals surface area contributed by atoms with Crippen LogP contribution in [0.1, 0.15) is 24.0 Å². The van der Waals surface area contributed by atoms with Crippen molar-refractivity contribution in [1.82, 2.24) is 10.3 Å². The van der Waals surface area contributed by atoms with Gasteiger partial charge in [-0.2, -0.15) is 0 Å². The third-order valence-corrected chi connectivity index (χ3v) is 4.97. The van der Waals surface area contributed by atoms with Crippen molar-refractivity contribution in [1.29, 1.82) is 0 Å². The summed E-state index contributed by atoms with van der Waals surface area (Å²) in [5, 5.41) is 3.21. The number of nitrogens with zero attached hydrogens (tertiary/aromatic N) is 1. The third-order valence-electron chi connectivity index (χ3n) is 3.20. The molecule has 1 saturated heterocycles. The lowest BCUT2D eigenvalue weighted by molar-refractivity contribution is 0.199. The average molecular weight is 288 g/mol. The molecular formula is C12H20N2O4S. The number of aromatic nitrogens is 1. The monoisotopic (exact) mass is 288 g/mol. The highest BCUT2D eigenvalue weighted by Gasteiger charge is 2.31. The van der Waals surface area contributed by atoms with Crippen LogP contribution in [-0.2, 0) is 21.0 Å². The zero-order chi connectivity index (χ0) is 13.7. The van der Waals surface area contributed by atoms with Crippen LogP contribution in [0.15, 0.2) is 10.6 Å². The van der Waals surface area contributed by atoms with Crippen LogP contribution < -0.4 is 5.32 Å². The summed E-state index contributed by atoms with van der Waals surface area (Å²) in [4.78, 5) is 4.19. The van der Waals surface area contributed by atoms with Crippen molar-refractivity contribution in [2.24, 2.45) is 0 Å². The number of oxazole rings is 1. The molecule has 0 saturated carbocycles. The molecule has 19 heavy (non-hydrogen) atoms. The van der Waals surface area contributed by atoms with Gasteiger partial charge in [-0.3, -0.25) is 0 Å². The molecule has 7 heteroatoms. The van der Waals surface area contributed by atoms with Crippen LogP contribution in [0.25, 0.3) is 0 Å². The number of methoxy groups -OCH3 is 1. The van der Waals surface area contributed by atoms with Crippen molar-refractivity contribution < 1.29 is 17.6 Å². The fourth-order valence-corrected chi connectivity index (χ4v) is 3.90. The topological polar surface area (TPSA) is 81.4 Å². The van der Waals surface area contributed by atoms with E-state index < -0.39 is 9.84 Å². The van der Waals surface area contributed by atoms with Gasteiger partial charge >= 0.3 is 0 Å². The van der Waals surface area contributed by atoms with Crippen LogP contribution in [0.4, 0.5) is 0 Å². The molecule has 1 aromatic rings. The summed E-state index contributed by atoms with van der Waals surface area (Å²) >= 11 is 0. The zero-order valence-electron chi connectivity index (χ0n) is 11.1. The van der Waals surface area contributed by atoms with Gasteiger partial charge in [0.25, 0.3) is 0 Å². The maximum Gasteiger partial charge on any atom is 0.195 e. The van der Waals surface area contributed by atoms with Gasteiger partial charge in [-0.1, -0.05) is 0 Å². The van der Waals surface area contributed by atoms with Gasteiger partial charge in [-0.15, -0.1) is 0 Å². The summed E-state index contributed by atoms with van der Waals surface area (Å²) < 4.78 is 33.4. The highest BCUT2D eigenvalue weighted by Crippen LogP contribution is 2.29. The molecule has 1 fully saturated rings. The Morgan fingerprint density at radius 1 is 1.53 bits per heavy atom. The third kappa shape index (κ3) is 4.29. The lowest BCUT2D eigenvalue weighted by Gasteiger charge is -2.02. The SMILES string of the molecule is COCCNCCc1ncc(C2CCS(=O)(=O)C2)o1. The molecule has 1 aliphatic heterocycles. The molecule has 108 valence electrons. The van der Waals surface area contributed by atoms with E-state index in [2.05, 4.69) is 10.3 Å². The molecule has 6 nitrogen and oxygen atoms in total. The van der Waals surface area contributed by atoms with E-state index in [0.29, 0.717) is 31.1 Å². The van der Waals surface area contributed by atoms with Crippen molar-refractivity contribution in [3.8, 4) is 0 Å². The molecule has 0 aromatic carbocycles. The smallest absolute Gasteiger partial charge is 0.195 e. The van der Waals surface area contributed by atoms with E-state index in [1.54, 1.807) is 13.3 Å². The molecule has 1 N–H and O–H groups in total. The van der Waals surface area contributed by atoms with Crippen molar-refractivity contribution in [2.45, 2.75) is 18.8 Å². The van der Waals surface area contributed by atoms with Crippen LogP contribution in [-0.4, -0.2) is 51.7 Å². The molecule has 1 aliphatic rings. The standard InChI is InChI=1S/C12H20N2O4S/c1-17-6-5-13-4-2-12-14-8-11(18-12)10-3-7-19(15,16)9-10/h8,10,13H,2-7,9H2,1H3. The van der Waals surface area contributed by atoms with Gasteiger partial charge in [0, 0.05) is 32.5 Å². The van der Waals surface area contributed by atoms with Crippen LogP contribution in [0.2, 0.25) is 0 Å². The largest absolute Gasteiger partial charge is 0.445 e. The maximum atomic E-state index is 11.4. The highest BCUT2D eigenvalue weighted by molar-refractivity contribution is 7.91. The zero-order valence-corrected chi connectivity index (χ0v) is 11.9. The minimum atomic E-state index is -2.88. The number of rotatable bonds is 7. The van der Waals surface area contributed by atoms with E-state index in [9.17, 15) is 8.42 Å². The molecular weight excluding hydrogens is 268 g/mol. The van der Waals surface area contributed by atoms with Crippen LogP contribution >= 0.6 is 0 Å².